The van der Waals surface area contributed by atoms with Crippen LogP contribution >= 0.6 is 22.9 Å². The van der Waals surface area contributed by atoms with Crippen LogP contribution in [-0.4, -0.2) is 45.3 Å². The second kappa shape index (κ2) is 8.73. The van der Waals surface area contributed by atoms with E-state index in [0.29, 0.717) is 34.3 Å². The highest BCUT2D eigenvalue weighted by molar-refractivity contribution is 7.15. The van der Waals surface area contributed by atoms with Crippen LogP contribution in [0, 0.1) is 12.8 Å². The van der Waals surface area contributed by atoms with Crippen LogP contribution in [0.2, 0.25) is 5.02 Å². The molecule has 35 heavy (non-hydrogen) atoms. The lowest BCUT2D eigenvalue weighted by Crippen LogP contribution is -2.45. The number of thiazole rings is 1. The molecule has 2 aliphatic rings. The van der Waals surface area contributed by atoms with Gasteiger partial charge < -0.3 is 10.2 Å². The number of fused-ring (bicyclic) bond motifs is 2. The van der Waals surface area contributed by atoms with Gasteiger partial charge in [-0.2, -0.15) is 0 Å². The van der Waals surface area contributed by atoms with Gasteiger partial charge in [-0.15, -0.1) is 11.3 Å². The van der Waals surface area contributed by atoms with Crippen molar-refractivity contribution in [3.63, 3.8) is 0 Å². The highest BCUT2D eigenvalue weighted by atomic mass is 35.5. The largest absolute Gasteiger partial charge is 0.350 e. The molecule has 1 saturated heterocycles. The number of piperidine rings is 1. The quantitative estimate of drug-likeness (QED) is 0.399. The van der Waals surface area contributed by atoms with E-state index in [4.69, 9.17) is 11.6 Å². The Bertz CT molecular complexity index is 1460. The molecule has 6 rings (SSSR count). The number of nitrogens with one attached hydrogen (secondary N) is 1. The summed E-state index contributed by atoms with van der Waals surface area (Å²) < 4.78 is 0. The van der Waals surface area contributed by atoms with Crippen LogP contribution in [0.25, 0.3) is 21.3 Å². The van der Waals surface area contributed by atoms with Crippen LogP contribution in [0.4, 0.5) is 0 Å². The van der Waals surface area contributed by atoms with Gasteiger partial charge in [0.15, 0.2) is 0 Å². The monoisotopic (exact) mass is 502 g/mol. The second-order valence-corrected chi connectivity index (χ2v) is 10.8. The summed E-state index contributed by atoms with van der Waals surface area (Å²) in [5, 5.41) is 5.44. The molecule has 3 heterocycles. The third kappa shape index (κ3) is 4.09. The number of hydrogen-bond acceptors (Lipinski definition) is 5. The van der Waals surface area contributed by atoms with Gasteiger partial charge in [0.2, 0.25) is 0 Å². The Morgan fingerprint density at radius 2 is 1.97 bits per heavy atom. The second-order valence-electron chi connectivity index (χ2n) is 9.18. The lowest BCUT2D eigenvalue weighted by molar-refractivity contribution is 0.0684. The number of pyridine rings is 1. The zero-order valence-electron chi connectivity index (χ0n) is 19.1. The van der Waals surface area contributed by atoms with E-state index in [1.54, 1.807) is 12.3 Å². The summed E-state index contributed by atoms with van der Waals surface area (Å²) in [6, 6.07) is 17.1. The Balaban J connectivity index is 1.23. The molecular formula is C27H23ClN4O2S. The van der Waals surface area contributed by atoms with Crippen LogP contribution in [0.5, 0.6) is 0 Å². The van der Waals surface area contributed by atoms with Crippen LogP contribution in [0.1, 0.15) is 38.7 Å². The number of carbonyl (C=O) groups excluding carboxylic acids is 2. The molecule has 3 atom stereocenters. The predicted octanol–water partition coefficient (Wildman–Crippen LogP) is 5.35. The van der Waals surface area contributed by atoms with Gasteiger partial charge in [0.05, 0.1) is 27.0 Å². The first-order valence-electron chi connectivity index (χ1n) is 11.7. The summed E-state index contributed by atoms with van der Waals surface area (Å²) in [5.41, 5.74) is 2.59. The first-order valence-corrected chi connectivity index (χ1v) is 12.9. The number of carbonyl (C=O) groups is 2. The molecule has 2 fully saturated rings. The SMILES string of the molecule is Cc1nc(C(=O)N2[C@H](CNC(=O)c3cccc4cccnc34)C[C@@H]3C[C@@H]32)c(-c2cccc(Cl)c2)s1. The molecule has 2 aromatic carbocycles. The fourth-order valence-corrected chi connectivity index (χ4v) is 6.27. The van der Waals surface area contributed by atoms with Crippen molar-refractivity contribution < 1.29 is 9.59 Å². The van der Waals surface area contributed by atoms with Gasteiger partial charge >= 0.3 is 0 Å². The average Bonchev–Trinajstić information content (AvgIpc) is 3.35. The summed E-state index contributed by atoms with van der Waals surface area (Å²) in [5.74, 6) is 0.251. The summed E-state index contributed by atoms with van der Waals surface area (Å²) >= 11 is 7.72. The predicted molar refractivity (Wildman–Crippen MR) is 138 cm³/mol. The van der Waals surface area contributed by atoms with Gasteiger partial charge in [0.25, 0.3) is 11.8 Å². The van der Waals surface area contributed by atoms with E-state index in [2.05, 4.69) is 15.3 Å². The third-order valence-electron chi connectivity index (χ3n) is 6.84. The molecule has 1 aliphatic heterocycles. The standard InChI is InChI=1S/C27H23ClN4O2S/c1-15-31-24(25(35-15)17-6-2-8-19(28)11-17)27(34)32-20(12-18-13-22(18)32)14-30-26(33)21-9-3-5-16-7-4-10-29-23(16)21/h2-11,18,20,22H,12-14H2,1H3,(H,30,33)/t18-,20+,22+/m1/s1. The Hall–Kier alpha value is -3.29. The third-order valence-corrected chi connectivity index (χ3v) is 8.10. The minimum Gasteiger partial charge on any atom is -0.350 e. The van der Waals surface area contributed by atoms with Crippen LogP contribution in [-0.2, 0) is 0 Å². The fourth-order valence-electron chi connectivity index (χ4n) is 5.17. The molecular weight excluding hydrogens is 480 g/mol. The van der Waals surface area contributed by atoms with Crippen LogP contribution in [0.3, 0.4) is 0 Å². The van der Waals surface area contributed by atoms with Crippen molar-refractivity contribution in [2.75, 3.05) is 6.54 Å². The maximum atomic E-state index is 13.8. The normalized spacial score (nSPS) is 20.6. The smallest absolute Gasteiger partial charge is 0.274 e. The van der Waals surface area contributed by atoms with Gasteiger partial charge in [-0.05, 0) is 55.5 Å². The number of aromatic nitrogens is 2. The first kappa shape index (κ1) is 22.2. The number of nitrogens with zero attached hydrogens (tertiary/aromatic N) is 3. The Morgan fingerprint density at radius 3 is 2.83 bits per heavy atom. The van der Waals surface area contributed by atoms with E-state index < -0.39 is 0 Å². The van der Waals surface area contributed by atoms with Gasteiger partial charge in [0, 0.05) is 29.2 Å². The number of aryl methyl sites for hydroxylation is 1. The zero-order valence-corrected chi connectivity index (χ0v) is 20.6. The van der Waals surface area contributed by atoms with E-state index in [1.165, 1.54) is 11.3 Å². The summed E-state index contributed by atoms with van der Waals surface area (Å²) in [7, 11) is 0. The molecule has 176 valence electrons. The topological polar surface area (TPSA) is 75.2 Å². The molecule has 6 nitrogen and oxygen atoms in total. The van der Waals surface area contributed by atoms with Crippen molar-refractivity contribution in [3.05, 3.63) is 82.1 Å². The maximum Gasteiger partial charge on any atom is 0.274 e. The number of rotatable bonds is 5. The van der Waals surface area contributed by atoms with Crippen LogP contribution in [0.15, 0.2) is 60.8 Å². The molecule has 1 N–H and O–H groups in total. The number of benzene rings is 2. The zero-order chi connectivity index (χ0) is 24.1. The van der Waals surface area contributed by atoms with Crippen molar-refractivity contribution in [3.8, 4) is 10.4 Å². The van der Waals surface area contributed by atoms with Gasteiger partial charge in [-0.1, -0.05) is 41.9 Å². The van der Waals surface area contributed by atoms with E-state index in [1.807, 2.05) is 60.4 Å². The number of para-hydroxylation sites is 1. The Labute approximate surface area is 212 Å². The van der Waals surface area contributed by atoms with E-state index in [-0.39, 0.29) is 23.9 Å². The van der Waals surface area contributed by atoms with E-state index in [0.717, 1.165) is 33.7 Å². The van der Waals surface area contributed by atoms with Gasteiger partial charge in [-0.25, -0.2) is 4.98 Å². The molecule has 4 aromatic rings. The van der Waals surface area contributed by atoms with Crippen molar-refractivity contribution in [1.82, 2.24) is 20.2 Å². The van der Waals surface area contributed by atoms with Crippen molar-refractivity contribution in [2.24, 2.45) is 5.92 Å². The Kier molecular flexibility index (Phi) is 5.54. The number of hydrogen-bond donors (Lipinski definition) is 1. The van der Waals surface area contributed by atoms with E-state index >= 15 is 0 Å². The van der Waals surface area contributed by atoms with E-state index in [9.17, 15) is 9.59 Å². The fraction of sp³-hybridized carbons (Fsp3) is 0.259. The van der Waals surface area contributed by atoms with Crippen molar-refractivity contribution in [2.45, 2.75) is 31.8 Å². The molecule has 1 saturated carbocycles. The summed E-state index contributed by atoms with van der Waals surface area (Å²) in [4.78, 5) is 38.6. The minimum atomic E-state index is -0.175. The maximum absolute atomic E-state index is 13.8. The molecule has 2 aromatic heterocycles. The van der Waals surface area contributed by atoms with Crippen molar-refractivity contribution >= 4 is 45.7 Å². The molecule has 8 heteroatoms. The highest BCUT2D eigenvalue weighted by Gasteiger charge is 2.54. The summed E-state index contributed by atoms with van der Waals surface area (Å²) in [6.45, 7) is 2.31. The molecule has 0 spiro atoms. The van der Waals surface area contributed by atoms with Gasteiger partial charge in [-0.3, -0.25) is 14.6 Å². The molecule has 0 radical (unpaired) electrons. The molecule has 2 amide bonds. The molecule has 0 unspecified atom stereocenters. The minimum absolute atomic E-state index is 0.0626. The molecule has 0 bridgehead atoms. The lowest BCUT2D eigenvalue weighted by atomic mass is 10.1. The number of halogens is 1. The van der Waals surface area contributed by atoms with Crippen molar-refractivity contribution in [1.29, 1.82) is 0 Å². The highest BCUT2D eigenvalue weighted by Crippen LogP contribution is 2.49. The Morgan fingerprint density at radius 1 is 1.14 bits per heavy atom. The van der Waals surface area contributed by atoms with Gasteiger partial charge in [0.1, 0.15) is 5.69 Å². The lowest BCUT2D eigenvalue weighted by Gasteiger charge is -2.27. The average molecular weight is 503 g/mol. The number of amides is 2. The number of likely N-dealkylation sites (tertiary alicyclic amines) is 1. The summed E-state index contributed by atoms with van der Waals surface area (Å²) in [6.07, 6.45) is 3.59. The molecule has 1 aliphatic carbocycles. The van der Waals surface area contributed by atoms with Crippen LogP contribution < -0.4 is 5.32 Å². The first-order chi connectivity index (χ1) is 17.0.